The minimum atomic E-state index is -1.03. The van der Waals surface area contributed by atoms with Gasteiger partial charge in [-0.05, 0) is 61.9 Å². The highest BCUT2D eigenvalue weighted by Gasteiger charge is 2.30. The fourth-order valence-corrected chi connectivity index (χ4v) is 2.53. The largest absolute Gasteiger partial charge is 0.478 e. The topological polar surface area (TPSA) is 56.1 Å². The predicted octanol–water partition coefficient (Wildman–Crippen LogP) is 4.38. The number of anilines is 1. The molecule has 134 valence electrons. The minimum absolute atomic E-state index is 0.229. The smallest absolute Gasteiger partial charge is 0.267 e. The average molecular weight is 370 g/mol. The van der Waals surface area contributed by atoms with Gasteiger partial charge in [-0.2, -0.15) is 5.10 Å². The number of nitrogens with zero attached hydrogens (tertiary/aromatic N) is 2. The molecular formula is C20H20ClN3O2. The molecule has 5 nitrogen and oxygen atoms in total. The van der Waals surface area contributed by atoms with E-state index in [1.54, 1.807) is 44.3 Å². The maximum atomic E-state index is 12.6. The lowest BCUT2D eigenvalue weighted by Gasteiger charge is -2.25. The summed E-state index contributed by atoms with van der Waals surface area (Å²) in [6.45, 7) is 4.14. The lowest BCUT2D eigenvalue weighted by atomic mass is 10.1. The van der Waals surface area contributed by atoms with Crippen LogP contribution in [0.15, 0.2) is 67.0 Å². The summed E-state index contributed by atoms with van der Waals surface area (Å²) in [5.41, 5.74) is 0.789. The zero-order valence-corrected chi connectivity index (χ0v) is 15.4. The van der Waals surface area contributed by atoms with Crippen LogP contribution in [0.4, 0.5) is 5.69 Å². The quantitative estimate of drug-likeness (QED) is 0.701. The summed E-state index contributed by atoms with van der Waals surface area (Å²) < 4.78 is 7.65. The molecule has 1 N–H and O–H groups in total. The Morgan fingerprint density at radius 3 is 2.46 bits per heavy atom. The van der Waals surface area contributed by atoms with Crippen molar-refractivity contribution in [1.82, 2.24) is 9.78 Å². The van der Waals surface area contributed by atoms with Gasteiger partial charge in [-0.1, -0.05) is 23.7 Å². The molecular weight excluding hydrogens is 350 g/mol. The fraction of sp³-hybridized carbons (Fsp3) is 0.200. The second-order valence-corrected chi connectivity index (χ2v) is 6.86. The molecule has 0 saturated heterocycles. The second-order valence-electron chi connectivity index (χ2n) is 6.42. The van der Waals surface area contributed by atoms with Crippen LogP contribution >= 0.6 is 11.6 Å². The van der Waals surface area contributed by atoms with Crippen molar-refractivity contribution in [3.8, 4) is 5.75 Å². The van der Waals surface area contributed by atoms with Crippen LogP contribution in [-0.2, 0) is 11.3 Å². The summed E-state index contributed by atoms with van der Waals surface area (Å²) in [4.78, 5) is 12.6. The van der Waals surface area contributed by atoms with E-state index in [1.807, 2.05) is 41.2 Å². The predicted molar refractivity (Wildman–Crippen MR) is 103 cm³/mol. The molecule has 0 aliphatic rings. The van der Waals surface area contributed by atoms with Gasteiger partial charge in [-0.25, -0.2) is 0 Å². The Hall–Kier alpha value is -2.79. The van der Waals surface area contributed by atoms with Crippen LogP contribution in [0.1, 0.15) is 19.4 Å². The van der Waals surface area contributed by atoms with E-state index >= 15 is 0 Å². The van der Waals surface area contributed by atoms with E-state index < -0.39 is 5.60 Å². The van der Waals surface area contributed by atoms with E-state index in [1.165, 1.54) is 0 Å². The zero-order chi connectivity index (χ0) is 18.6. The summed E-state index contributed by atoms with van der Waals surface area (Å²) in [5, 5.41) is 7.69. The van der Waals surface area contributed by atoms with Gasteiger partial charge >= 0.3 is 0 Å². The van der Waals surface area contributed by atoms with Crippen molar-refractivity contribution in [1.29, 1.82) is 0 Å². The molecule has 0 fully saturated rings. The molecule has 3 rings (SSSR count). The minimum Gasteiger partial charge on any atom is -0.478 e. The summed E-state index contributed by atoms with van der Waals surface area (Å²) in [6, 6.07) is 16.5. The average Bonchev–Trinajstić information content (AvgIpc) is 3.11. The van der Waals surface area contributed by atoms with Gasteiger partial charge in [-0.15, -0.1) is 0 Å². The number of rotatable bonds is 6. The van der Waals surface area contributed by atoms with Crippen LogP contribution in [0, 0.1) is 0 Å². The molecule has 2 aromatic carbocycles. The van der Waals surface area contributed by atoms with Gasteiger partial charge in [0, 0.05) is 23.1 Å². The number of ether oxygens (including phenoxy) is 1. The van der Waals surface area contributed by atoms with Gasteiger partial charge in [0.2, 0.25) is 0 Å². The van der Waals surface area contributed by atoms with Gasteiger partial charge in [0.15, 0.2) is 5.60 Å². The maximum absolute atomic E-state index is 12.6. The maximum Gasteiger partial charge on any atom is 0.267 e. The number of aromatic nitrogens is 2. The number of nitrogens with one attached hydrogen (secondary N) is 1. The third-order valence-electron chi connectivity index (χ3n) is 3.85. The first-order chi connectivity index (χ1) is 12.4. The van der Waals surface area contributed by atoms with E-state index in [9.17, 15) is 4.79 Å². The molecule has 0 aliphatic heterocycles. The molecule has 26 heavy (non-hydrogen) atoms. The van der Waals surface area contributed by atoms with Crippen molar-refractivity contribution >= 4 is 23.2 Å². The van der Waals surface area contributed by atoms with E-state index in [0.29, 0.717) is 23.0 Å². The van der Waals surface area contributed by atoms with Crippen molar-refractivity contribution < 1.29 is 9.53 Å². The van der Waals surface area contributed by atoms with E-state index in [2.05, 4.69) is 10.4 Å². The van der Waals surface area contributed by atoms with Crippen LogP contribution in [0.5, 0.6) is 5.75 Å². The lowest BCUT2D eigenvalue weighted by Crippen LogP contribution is -2.42. The monoisotopic (exact) mass is 369 g/mol. The Bertz CT molecular complexity index is 857. The van der Waals surface area contributed by atoms with E-state index in [-0.39, 0.29) is 5.91 Å². The molecule has 6 heteroatoms. The molecule has 0 bridgehead atoms. The number of carbonyl (C=O) groups is 1. The van der Waals surface area contributed by atoms with Crippen molar-refractivity contribution in [2.24, 2.45) is 0 Å². The molecule has 1 aromatic heterocycles. The Balaban J connectivity index is 1.61. The van der Waals surface area contributed by atoms with E-state index in [0.717, 1.165) is 5.56 Å². The molecule has 0 atom stereocenters. The number of benzene rings is 2. The molecule has 0 aliphatic carbocycles. The van der Waals surface area contributed by atoms with Crippen LogP contribution in [0.3, 0.4) is 0 Å². The number of amides is 1. The molecule has 1 heterocycles. The Labute approximate surface area is 157 Å². The molecule has 0 spiro atoms. The third kappa shape index (κ3) is 4.64. The first-order valence-corrected chi connectivity index (χ1v) is 8.62. The van der Waals surface area contributed by atoms with Crippen molar-refractivity contribution in [2.75, 3.05) is 5.32 Å². The lowest BCUT2D eigenvalue weighted by molar-refractivity contribution is -0.128. The van der Waals surface area contributed by atoms with Crippen molar-refractivity contribution in [3.05, 3.63) is 77.6 Å². The normalized spacial score (nSPS) is 11.2. The summed E-state index contributed by atoms with van der Waals surface area (Å²) in [5.74, 6) is 0.358. The summed E-state index contributed by atoms with van der Waals surface area (Å²) >= 11 is 5.87. The molecule has 1 amide bonds. The molecule has 0 saturated carbocycles. The molecule has 0 unspecified atom stereocenters. The second kappa shape index (κ2) is 7.62. The van der Waals surface area contributed by atoms with Gasteiger partial charge < -0.3 is 10.1 Å². The first-order valence-electron chi connectivity index (χ1n) is 8.25. The van der Waals surface area contributed by atoms with Gasteiger partial charge in [0.25, 0.3) is 5.91 Å². The molecule has 3 aromatic rings. The van der Waals surface area contributed by atoms with Crippen LogP contribution in [0.2, 0.25) is 5.02 Å². The standard InChI is InChI=1S/C20H20ClN3O2/c1-20(2,26-18-10-6-16(21)7-11-18)19(25)23-17-8-4-15(5-9-17)14-24-13-3-12-22-24/h3-13H,14H2,1-2H3,(H,23,25). The molecule has 0 radical (unpaired) electrons. The zero-order valence-electron chi connectivity index (χ0n) is 14.6. The third-order valence-corrected chi connectivity index (χ3v) is 4.10. The number of hydrogen-bond acceptors (Lipinski definition) is 3. The Kier molecular flexibility index (Phi) is 5.28. The number of halogens is 1. The van der Waals surface area contributed by atoms with Crippen molar-refractivity contribution in [2.45, 2.75) is 26.0 Å². The van der Waals surface area contributed by atoms with Crippen LogP contribution in [0.25, 0.3) is 0 Å². The fourth-order valence-electron chi connectivity index (χ4n) is 2.40. The Morgan fingerprint density at radius 1 is 1.15 bits per heavy atom. The highest BCUT2D eigenvalue weighted by molar-refractivity contribution is 6.30. The first kappa shape index (κ1) is 18.0. The SMILES string of the molecule is CC(C)(Oc1ccc(Cl)cc1)C(=O)Nc1ccc(Cn2cccn2)cc1. The van der Waals surface area contributed by atoms with Crippen LogP contribution < -0.4 is 10.1 Å². The number of carbonyl (C=O) groups excluding carboxylic acids is 1. The van der Waals surface area contributed by atoms with Gasteiger partial charge in [0.1, 0.15) is 5.75 Å². The summed E-state index contributed by atoms with van der Waals surface area (Å²) in [6.07, 6.45) is 3.66. The van der Waals surface area contributed by atoms with Gasteiger partial charge in [-0.3, -0.25) is 9.48 Å². The van der Waals surface area contributed by atoms with E-state index in [4.69, 9.17) is 16.3 Å². The van der Waals surface area contributed by atoms with Crippen LogP contribution in [-0.4, -0.2) is 21.3 Å². The van der Waals surface area contributed by atoms with Gasteiger partial charge in [0.05, 0.1) is 6.54 Å². The van der Waals surface area contributed by atoms with Crippen molar-refractivity contribution in [3.63, 3.8) is 0 Å². The summed E-state index contributed by atoms with van der Waals surface area (Å²) in [7, 11) is 0. The highest BCUT2D eigenvalue weighted by atomic mass is 35.5. The number of hydrogen-bond donors (Lipinski definition) is 1. The highest BCUT2D eigenvalue weighted by Crippen LogP contribution is 2.22. The Morgan fingerprint density at radius 2 is 1.85 bits per heavy atom.